The first kappa shape index (κ1) is 12.8. The molecule has 0 aliphatic heterocycles. The zero-order valence-corrected chi connectivity index (χ0v) is 9.89. The summed E-state index contributed by atoms with van der Waals surface area (Å²) in [6, 6.07) is 11.4. The molecular weight excluding hydrogens is 247 g/mol. The van der Waals surface area contributed by atoms with Crippen LogP contribution in [0.5, 0.6) is 0 Å². The summed E-state index contributed by atoms with van der Waals surface area (Å²) in [6.45, 7) is 0. The molecular formula is C14H11FN2O2. The summed E-state index contributed by atoms with van der Waals surface area (Å²) in [7, 11) is 0. The first-order valence-electron chi connectivity index (χ1n) is 5.53. The van der Waals surface area contributed by atoms with Gasteiger partial charge in [-0.3, -0.25) is 9.59 Å². The Labute approximate surface area is 109 Å². The SMILES string of the molecule is NC(=O)c1ccc(C(=O)Nc2ccc(F)cc2)cc1. The van der Waals surface area contributed by atoms with Crippen molar-refractivity contribution in [2.45, 2.75) is 0 Å². The summed E-state index contributed by atoms with van der Waals surface area (Å²) in [5.74, 6) is -1.27. The van der Waals surface area contributed by atoms with E-state index < -0.39 is 5.91 Å². The number of anilines is 1. The van der Waals surface area contributed by atoms with E-state index in [4.69, 9.17) is 5.73 Å². The maximum Gasteiger partial charge on any atom is 0.255 e. The molecule has 3 N–H and O–H groups in total. The molecule has 0 fully saturated rings. The number of nitrogens with two attached hydrogens (primary N) is 1. The fourth-order valence-electron chi connectivity index (χ4n) is 1.52. The molecule has 0 atom stereocenters. The molecule has 2 amide bonds. The maximum absolute atomic E-state index is 12.7. The maximum atomic E-state index is 12.7. The van der Waals surface area contributed by atoms with Crippen LogP contribution in [0.2, 0.25) is 0 Å². The Balaban J connectivity index is 2.11. The van der Waals surface area contributed by atoms with Gasteiger partial charge in [-0.15, -0.1) is 0 Å². The highest BCUT2D eigenvalue weighted by molar-refractivity contribution is 6.04. The number of carbonyl (C=O) groups is 2. The van der Waals surface area contributed by atoms with Crippen LogP contribution in [0.25, 0.3) is 0 Å². The average molecular weight is 258 g/mol. The summed E-state index contributed by atoms with van der Waals surface area (Å²) >= 11 is 0. The van der Waals surface area contributed by atoms with Gasteiger partial charge in [0.2, 0.25) is 5.91 Å². The van der Waals surface area contributed by atoms with Gasteiger partial charge < -0.3 is 11.1 Å². The number of carbonyl (C=O) groups excluding carboxylic acids is 2. The van der Waals surface area contributed by atoms with Crippen molar-refractivity contribution < 1.29 is 14.0 Å². The Kier molecular flexibility index (Phi) is 3.56. The number of hydrogen-bond donors (Lipinski definition) is 2. The Morgan fingerprint density at radius 3 is 1.95 bits per heavy atom. The monoisotopic (exact) mass is 258 g/mol. The molecule has 0 aliphatic carbocycles. The molecule has 0 aromatic heterocycles. The van der Waals surface area contributed by atoms with Crippen LogP contribution in [0.15, 0.2) is 48.5 Å². The van der Waals surface area contributed by atoms with E-state index in [1.165, 1.54) is 48.5 Å². The highest BCUT2D eigenvalue weighted by Crippen LogP contribution is 2.11. The summed E-state index contributed by atoms with van der Waals surface area (Å²) in [6.07, 6.45) is 0. The molecule has 2 rings (SSSR count). The molecule has 0 aliphatic rings. The third kappa shape index (κ3) is 3.16. The number of primary amides is 1. The van der Waals surface area contributed by atoms with E-state index in [0.717, 1.165) is 0 Å². The van der Waals surface area contributed by atoms with Crippen LogP contribution >= 0.6 is 0 Å². The second-order valence-corrected chi connectivity index (χ2v) is 3.90. The average Bonchev–Trinajstić information content (AvgIpc) is 2.41. The zero-order valence-electron chi connectivity index (χ0n) is 9.89. The molecule has 5 heteroatoms. The van der Waals surface area contributed by atoms with Crippen LogP contribution in [-0.2, 0) is 0 Å². The predicted molar refractivity (Wildman–Crippen MR) is 69.3 cm³/mol. The second-order valence-electron chi connectivity index (χ2n) is 3.90. The third-order valence-electron chi connectivity index (χ3n) is 2.53. The first-order chi connectivity index (χ1) is 9.06. The highest BCUT2D eigenvalue weighted by Gasteiger charge is 2.07. The second kappa shape index (κ2) is 5.30. The minimum Gasteiger partial charge on any atom is -0.366 e. The lowest BCUT2D eigenvalue weighted by Gasteiger charge is -2.05. The van der Waals surface area contributed by atoms with Crippen LogP contribution in [-0.4, -0.2) is 11.8 Å². The van der Waals surface area contributed by atoms with Crippen molar-refractivity contribution in [3.63, 3.8) is 0 Å². The van der Waals surface area contributed by atoms with Gasteiger partial charge in [-0.25, -0.2) is 4.39 Å². The van der Waals surface area contributed by atoms with Gasteiger partial charge in [0.1, 0.15) is 5.82 Å². The minimum absolute atomic E-state index is 0.332. The smallest absolute Gasteiger partial charge is 0.255 e. The molecule has 0 spiro atoms. The summed E-state index contributed by atoms with van der Waals surface area (Å²) in [5.41, 5.74) is 6.31. The van der Waals surface area contributed by atoms with Gasteiger partial charge in [-0.05, 0) is 48.5 Å². The van der Waals surface area contributed by atoms with E-state index in [1.54, 1.807) is 0 Å². The zero-order chi connectivity index (χ0) is 13.8. The topological polar surface area (TPSA) is 72.2 Å². The number of hydrogen-bond acceptors (Lipinski definition) is 2. The van der Waals surface area contributed by atoms with Gasteiger partial charge in [0, 0.05) is 16.8 Å². The van der Waals surface area contributed by atoms with Gasteiger partial charge in [0.05, 0.1) is 0 Å². The van der Waals surface area contributed by atoms with E-state index in [9.17, 15) is 14.0 Å². The largest absolute Gasteiger partial charge is 0.366 e. The molecule has 0 saturated carbocycles. The Morgan fingerprint density at radius 2 is 1.42 bits per heavy atom. The van der Waals surface area contributed by atoms with Gasteiger partial charge in [-0.2, -0.15) is 0 Å². The fourth-order valence-corrected chi connectivity index (χ4v) is 1.52. The van der Waals surface area contributed by atoms with Crippen LogP contribution in [0.3, 0.4) is 0 Å². The molecule has 2 aromatic carbocycles. The van der Waals surface area contributed by atoms with Crippen LogP contribution in [0, 0.1) is 5.82 Å². The molecule has 19 heavy (non-hydrogen) atoms. The molecule has 0 saturated heterocycles. The van der Waals surface area contributed by atoms with Crippen LogP contribution in [0.4, 0.5) is 10.1 Å². The Hall–Kier alpha value is -2.69. The number of nitrogens with one attached hydrogen (secondary N) is 1. The van der Waals surface area contributed by atoms with Crippen molar-refractivity contribution in [1.82, 2.24) is 0 Å². The van der Waals surface area contributed by atoms with Crippen molar-refractivity contribution in [2.75, 3.05) is 5.32 Å². The third-order valence-corrected chi connectivity index (χ3v) is 2.53. The van der Waals surface area contributed by atoms with E-state index in [-0.39, 0.29) is 11.7 Å². The van der Waals surface area contributed by atoms with Crippen LogP contribution < -0.4 is 11.1 Å². The predicted octanol–water partition coefficient (Wildman–Crippen LogP) is 2.18. The lowest BCUT2D eigenvalue weighted by molar-refractivity contribution is 0.0995. The van der Waals surface area contributed by atoms with E-state index in [1.807, 2.05) is 0 Å². The molecule has 0 bridgehead atoms. The van der Waals surface area contributed by atoms with Gasteiger partial charge in [0.25, 0.3) is 5.91 Å². The van der Waals surface area contributed by atoms with Crippen molar-refractivity contribution in [2.24, 2.45) is 5.73 Å². The number of halogens is 1. The number of benzene rings is 2. The molecule has 0 unspecified atom stereocenters. The lowest BCUT2D eigenvalue weighted by Crippen LogP contribution is -2.14. The highest BCUT2D eigenvalue weighted by atomic mass is 19.1. The molecule has 96 valence electrons. The quantitative estimate of drug-likeness (QED) is 0.885. The van der Waals surface area contributed by atoms with E-state index in [2.05, 4.69) is 5.32 Å². The molecule has 2 aromatic rings. The number of rotatable bonds is 3. The van der Waals surface area contributed by atoms with Gasteiger partial charge in [-0.1, -0.05) is 0 Å². The standard InChI is InChI=1S/C14H11FN2O2/c15-11-5-7-12(8-6-11)17-14(19)10-3-1-9(2-4-10)13(16)18/h1-8H,(H2,16,18)(H,17,19). The van der Waals surface area contributed by atoms with Gasteiger partial charge >= 0.3 is 0 Å². The number of amides is 2. The van der Waals surface area contributed by atoms with Crippen molar-refractivity contribution in [1.29, 1.82) is 0 Å². The summed E-state index contributed by atoms with van der Waals surface area (Å²) < 4.78 is 12.7. The molecule has 4 nitrogen and oxygen atoms in total. The Bertz CT molecular complexity index is 606. The van der Waals surface area contributed by atoms with E-state index in [0.29, 0.717) is 16.8 Å². The van der Waals surface area contributed by atoms with Gasteiger partial charge in [0.15, 0.2) is 0 Å². The van der Waals surface area contributed by atoms with Crippen molar-refractivity contribution in [3.8, 4) is 0 Å². The first-order valence-corrected chi connectivity index (χ1v) is 5.53. The van der Waals surface area contributed by atoms with E-state index >= 15 is 0 Å². The normalized spacial score (nSPS) is 9.95. The summed E-state index contributed by atoms with van der Waals surface area (Å²) in [4.78, 5) is 22.8. The van der Waals surface area contributed by atoms with Crippen molar-refractivity contribution in [3.05, 3.63) is 65.5 Å². The fraction of sp³-hybridized carbons (Fsp3) is 0. The lowest BCUT2D eigenvalue weighted by atomic mass is 10.1. The molecule has 0 radical (unpaired) electrons. The minimum atomic E-state index is -0.550. The summed E-state index contributed by atoms with van der Waals surface area (Å²) in [5, 5.41) is 2.61. The van der Waals surface area contributed by atoms with Crippen molar-refractivity contribution >= 4 is 17.5 Å². The van der Waals surface area contributed by atoms with Crippen LogP contribution in [0.1, 0.15) is 20.7 Å². The Morgan fingerprint density at radius 1 is 0.895 bits per heavy atom. The molecule has 0 heterocycles.